The van der Waals surface area contributed by atoms with Crippen molar-refractivity contribution in [2.75, 3.05) is 14.2 Å². The van der Waals surface area contributed by atoms with Gasteiger partial charge in [0.1, 0.15) is 11.9 Å². The monoisotopic (exact) mass is 484 g/mol. The first kappa shape index (κ1) is 25.2. The molecule has 1 aromatic heterocycles. The predicted octanol–water partition coefficient (Wildman–Crippen LogP) is 5.20. The van der Waals surface area contributed by atoms with Crippen LogP contribution >= 0.6 is 11.3 Å². The van der Waals surface area contributed by atoms with E-state index in [2.05, 4.69) is 5.32 Å². The first-order valence-electron chi connectivity index (χ1n) is 10.8. The number of thiophene rings is 1. The lowest BCUT2D eigenvalue weighted by molar-refractivity contribution is -0.127. The first-order valence-corrected chi connectivity index (χ1v) is 11.6. The van der Waals surface area contributed by atoms with Gasteiger partial charge in [0, 0.05) is 21.5 Å². The molecule has 0 saturated carbocycles. The zero-order valence-corrected chi connectivity index (χ0v) is 20.7. The van der Waals surface area contributed by atoms with Crippen LogP contribution in [0.2, 0.25) is 0 Å². The zero-order valence-electron chi connectivity index (χ0n) is 19.9. The summed E-state index contributed by atoms with van der Waals surface area (Å²) in [5.74, 6) is -0.383. The lowest BCUT2D eigenvalue weighted by Gasteiger charge is -2.33. The third kappa shape index (κ3) is 5.94. The molecule has 180 valence electrons. The summed E-state index contributed by atoms with van der Waals surface area (Å²) in [6.07, 6.45) is 0. The fourth-order valence-electron chi connectivity index (χ4n) is 3.53. The molecule has 0 unspecified atom stereocenters. The van der Waals surface area contributed by atoms with E-state index in [1.807, 2.05) is 32.2 Å². The molecule has 0 aliphatic rings. The van der Waals surface area contributed by atoms with E-state index in [4.69, 9.17) is 9.47 Å². The lowest BCUT2D eigenvalue weighted by atomic mass is 10.0. The van der Waals surface area contributed by atoms with Gasteiger partial charge in [-0.25, -0.2) is 4.39 Å². The molecule has 2 aromatic carbocycles. The van der Waals surface area contributed by atoms with Crippen molar-refractivity contribution >= 4 is 23.2 Å². The molecular formula is C26H29FN2O4S. The highest BCUT2D eigenvalue weighted by Crippen LogP contribution is 2.33. The van der Waals surface area contributed by atoms with E-state index in [-0.39, 0.29) is 12.5 Å². The fraction of sp³-hybridized carbons (Fsp3) is 0.308. The standard InChI is InChI=1S/C26H29FN2O4S/c1-26(2,3)28-24(30)23(22-11-8-14-34-22)29(16-18-9-6-7-10-19(18)27)25(31)17-12-13-20(32-4)21(15-17)33-5/h6-15,23H,16H2,1-5H3,(H,28,30)/t23-/m1/s1. The van der Waals surface area contributed by atoms with Crippen LogP contribution < -0.4 is 14.8 Å². The summed E-state index contributed by atoms with van der Waals surface area (Å²) in [5.41, 5.74) is 0.0726. The Balaban J connectivity index is 2.12. The molecule has 1 atom stereocenters. The van der Waals surface area contributed by atoms with Crippen LogP contribution in [0, 0.1) is 5.82 Å². The number of hydrogen-bond donors (Lipinski definition) is 1. The number of nitrogens with one attached hydrogen (secondary N) is 1. The van der Waals surface area contributed by atoms with E-state index in [1.165, 1.54) is 36.5 Å². The van der Waals surface area contributed by atoms with Crippen LogP contribution in [-0.2, 0) is 11.3 Å². The maximum Gasteiger partial charge on any atom is 0.255 e. The van der Waals surface area contributed by atoms with Gasteiger partial charge < -0.3 is 19.7 Å². The average molecular weight is 485 g/mol. The smallest absolute Gasteiger partial charge is 0.255 e. The molecule has 8 heteroatoms. The molecule has 0 spiro atoms. The molecule has 0 saturated heterocycles. The van der Waals surface area contributed by atoms with Gasteiger partial charge in [0.25, 0.3) is 5.91 Å². The zero-order chi connectivity index (χ0) is 24.9. The van der Waals surface area contributed by atoms with Crippen LogP contribution in [0.15, 0.2) is 60.0 Å². The number of nitrogens with zero attached hydrogens (tertiary/aromatic N) is 1. The van der Waals surface area contributed by atoms with Gasteiger partial charge in [-0.15, -0.1) is 11.3 Å². The summed E-state index contributed by atoms with van der Waals surface area (Å²) in [7, 11) is 2.99. The molecule has 6 nitrogen and oxygen atoms in total. The second-order valence-corrected chi connectivity index (χ2v) is 9.73. The maximum atomic E-state index is 14.6. The van der Waals surface area contributed by atoms with Gasteiger partial charge in [0.2, 0.25) is 5.91 Å². The van der Waals surface area contributed by atoms with Crippen molar-refractivity contribution in [3.8, 4) is 11.5 Å². The second-order valence-electron chi connectivity index (χ2n) is 8.75. The number of methoxy groups -OCH3 is 2. The Bertz CT molecular complexity index is 1140. The van der Waals surface area contributed by atoms with Gasteiger partial charge in [-0.1, -0.05) is 24.3 Å². The van der Waals surface area contributed by atoms with E-state index >= 15 is 0 Å². The minimum atomic E-state index is -0.959. The summed E-state index contributed by atoms with van der Waals surface area (Å²) in [6.45, 7) is 5.51. The van der Waals surface area contributed by atoms with Gasteiger partial charge in [-0.3, -0.25) is 9.59 Å². The molecule has 3 aromatic rings. The van der Waals surface area contributed by atoms with E-state index in [0.717, 1.165) is 0 Å². The predicted molar refractivity (Wildman–Crippen MR) is 131 cm³/mol. The van der Waals surface area contributed by atoms with Gasteiger partial charge in [0.05, 0.1) is 20.8 Å². The Labute approximate surface area is 203 Å². The van der Waals surface area contributed by atoms with Crippen LogP contribution in [0.25, 0.3) is 0 Å². The van der Waals surface area contributed by atoms with Crippen LogP contribution in [0.1, 0.15) is 47.6 Å². The molecule has 0 bridgehead atoms. The number of carbonyl (C=O) groups excluding carboxylic acids is 2. The second kappa shape index (κ2) is 10.7. The number of hydrogen-bond acceptors (Lipinski definition) is 5. The quantitative estimate of drug-likeness (QED) is 0.477. The highest BCUT2D eigenvalue weighted by Gasteiger charge is 2.35. The highest BCUT2D eigenvalue weighted by molar-refractivity contribution is 7.10. The molecule has 1 heterocycles. The van der Waals surface area contributed by atoms with E-state index in [1.54, 1.807) is 42.5 Å². The number of carbonyl (C=O) groups is 2. The van der Waals surface area contributed by atoms with E-state index in [9.17, 15) is 14.0 Å². The molecular weight excluding hydrogens is 455 g/mol. The van der Waals surface area contributed by atoms with Crippen LogP contribution in [-0.4, -0.2) is 36.5 Å². The van der Waals surface area contributed by atoms with Crippen molar-refractivity contribution in [2.24, 2.45) is 0 Å². The summed E-state index contributed by atoms with van der Waals surface area (Å²) < 4.78 is 25.3. The third-order valence-electron chi connectivity index (χ3n) is 5.06. The molecule has 2 amide bonds. The summed E-state index contributed by atoms with van der Waals surface area (Å²) in [6, 6.07) is 13.7. The van der Waals surface area contributed by atoms with E-state index in [0.29, 0.717) is 27.5 Å². The summed E-state index contributed by atoms with van der Waals surface area (Å²) in [5, 5.41) is 4.81. The molecule has 0 aliphatic carbocycles. The largest absolute Gasteiger partial charge is 0.493 e. The number of benzene rings is 2. The Hall–Kier alpha value is -3.39. The number of halogens is 1. The Kier molecular flexibility index (Phi) is 7.94. The van der Waals surface area contributed by atoms with Gasteiger partial charge in [0.15, 0.2) is 11.5 Å². The van der Waals surface area contributed by atoms with Crippen molar-refractivity contribution in [2.45, 2.75) is 38.9 Å². The third-order valence-corrected chi connectivity index (χ3v) is 5.99. The molecule has 0 fully saturated rings. The van der Waals surface area contributed by atoms with Crippen LogP contribution in [0.3, 0.4) is 0 Å². The number of rotatable bonds is 8. The minimum Gasteiger partial charge on any atom is -0.493 e. The van der Waals surface area contributed by atoms with Crippen LogP contribution in [0.5, 0.6) is 11.5 Å². The maximum absolute atomic E-state index is 14.6. The van der Waals surface area contributed by atoms with Gasteiger partial charge >= 0.3 is 0 Å². The lowest BCUT2D eigenvalue weighted by Crippen LogP contribution is -2.49. The SMILES string of the molecule is COc1ccc(C(=O)N(Cc2ccccc2F)[C@@H](C(=O)NC(C)(C)C)c2cccs2)cc1OC. The summed E-state index contributed by atoms with van der Waals surface area (Å²) in [4.78, 5) is 29.4. The van der Waals surface area contributed by atoms with Gasteiger partial charge in [-0.05, 0) is 56.5 Å². The van der Waals surface area contributed by atoms with Crippen molar-refractivity contribution < 1.29 is 23.5 Å². The van der Waals surface area contributed by atoms with Crippen molar-refractivity contribution in [1.82, 2.24) is 10.2 Å². The molecule has 1 N–H and O–H groups in total. The minimum absolute atomic E-state index is 0.0972. The Morgan fingerprint density at radius 1 is 1.03 bits per heavy atom. The van der Waals surface area contributed by atoms with Crippen molar-refractivity contribution in [3.05, 3.63) is 81.8 Å². The number of ether oxygens (including phenoxy) is 2. The molecule has 3 rings (SSSR count). The molecule has 34 heavy (non-hydrogen) atoms. The van der Waals surface area contributed by atoms with Crippen LogP contribution in [0.4, 0.5) is 4.39 Å². The first-order chi connectivity index (χ1) is 16.1. The van der Waals surface area contributed by atoms with Crippen molar-refractivity contribution in [3.63, 3.8) is 0 Å². The summed E-state index contributed by atoms with van der Waals surface area (Å²) >= 11 is 1.36. The van der Waals surface area contributed by atoms with Crippen molar-refractivity contribution in [1.29, 1.82) is 0 Å². The average Bonchev–Trinajstić information content (AvgIpc) is 3.32. The Morgan fingerprint density at radius 3 is 2.32 bits per heavy atom. The van der Waals surface area contributed by atoms with Gasteiger partial charge in [-0.2, -0.15) is 0 Å². The fourth-order valence-corrected chi connectivity index (χ4v) is 4.37. The number of amides is 2. The topological polar surface area (TPSA) is 67.9 Å². The molecule has 0 aliphatic heterocycles. The Morgan fingerprint density at radius 2 is 1.74 bits per heavy atom. The molecule has 0 radical (unpaired) electrons. The highest BCUT2D eigenvalue weighted by atomic mass is 32.1. The normalized spacial score (nSPS) is 12.1. The van der Waals surface area contributed by atoms with E-state index < -0.39 is 23.3 Å².